The van der Waals surface area contributed by atoms with Crippen molar-refractivity contribution in [2.24, 2.45) is 5.92 Å². The fourth-order valence-corrected chi connectivity index (χ4v) is 2.82. The summed E-state index contributed by atoms with van der Waals surface area (Å²) in [7, 11) is 2.15. The summed E-state index contributed by atoms with van der Waals surface area (Å²) in [6, 6.07) is 5.52. The largest absolute Gasteiger partial charge is 0.382 e. The summed E-state index contributed by atoms with van der Waals surface area (Å²) in [4.78, 5) is 2.36. The van der Waals surface area contributed by atoms with E-state index in [9.17, 15) is 4.39 Å². The van der Waals surface area contributed by atoms with Crippen molar-refractivity contribution >= 4 is 17.3 Å². The zero-order valence-corrected chi connectivity index (χ0v) is 11.8. The summed E-state index contributed by atoms with van der Waals surface area (Å²) >= 11 is 5.87. The molecule has 0 spiro atoms. The highest BCUT2D eigenvalue weighted by atomic mass is 35.5. The molecule has 3 unspecified atom stereocenters. The molecular formula is C14H20ClFN2. The van der Waals surface area contributed by atoms with Crippen molar-refractivity contribution in [2.75, 3.05) is 18.9 Å². The molecule has 1 N–H and O–H groups in total. The molecule has 4 heteroatoms. The first kappa shape index (κ1) is 13.6. The van der Waals surface area contributed by atoms with Gasteiger partial charge in [-0.15, -0.1) is 0 Å². The van der Waals surface area contributed by atoms with Crippen molar-refractivity contribution in [3.8, 4) is 0 Å². The SMILES string of the molecule is CC1CN(C)C(C)CC1Nc1cc(F)cc(Cl)c1. The summed E-state index contributed by atoms with van der Waals surface area (Å²) in [6.07, 6.45) is 1.06. The minimum absolute atomic E-state index is 0.293. The van der Waals surface area contributed by atoms with Gasteiger partial charge in [-0.3, -0.25) is 0 Å². The summed E-state index contributed by atoms with van der Waals surface area (Å²) in [5.41, 5.74) is 0.772. The third kappa shape index (κ3) is 3.15. The van der Waals surface area contributed by atoms with E-state index in [0.29, 0.717) is 23.0 Å². The van der Waals surface area contributed by atoms with Crippen LogP contribution in [0.25, 0.3) is 0 Å². The fraction of sp³-hybridized carbons (Fsp3) is 0.571. The van der Waals surface area contributed by atoms with E-state index in [1.165, 1.54) is 12.1 Å². The molecule has 100 valence electrons. The highest BCUT2D eigenvalue weighted by Gasteiger charge is 2.28. The molecule has 0 amide bonds. The third-order valence-electron chi connectivity index (χ3n) is 3.82. The Bertz CT molecular complexity index is 404. The predicted octanol–water partition coefficient (Wildman–Crippen LogP) is 3.62. The number of likely N-dealkylation sites (tertiary alicyclic amines) is 1. The lowest BCUT2D eigenvalue weighted by Crippen LogP contribution is -2.48. The third-order valence-corrected chi connectivity index (χ3v) is 4.04. The summed E-state index contributed by atoms with van der Waals surface area (Å²) < 4.78 is 13.3. The van der Waals surface area contributed by atoms with Gasteiger partial charge in [-0.05, 0) is 44.5 Å². The average Bonchev–Trinajstić information content (AvgIpc) is 2.24. The Morgan fingerprint density at radius 3 is 2.72 bits per heavy atom. The van der Waals surface area contributed by atoms with E-state index in [-0.39, 0.29) is 5.82 Å². The molecule has 1 aliphatic rings. The van der Waals surface area contributed by atoms with Gasteiger partial charge in [-0.2, -0.15) is 0 Å². The van der Waals surface area contributed by atoms with Crippen molar-refractivity contribution in [1.82, 2.24) is 4.90 Å². The highest BCUT2D eigenvalue weighted by molar-refractivity contribution is 6.30. The van der Waals surface area contributed by atoms with Crippen LogP contribution in [0.1, 0.15) is 20.3 Å². The van der Waals surface area contributed by atoms with E-state index in [2.05, 4.69) is 31.1 Å². The molecule has 3 atom stereocenters. The lowest BCUT2D eigenvalue weighted by molar-refractivity contribution is 0.145. The lowest BCUT2D eigenvalue weighted by Gasteiger charge is -2.40. The zero-order valence-electron chi connectivity index (χ0n) is 11.1. The van der Waals surface area contributed by atoms with Crippen molar-refractivity contribution in [3.05, 3.63) is 29.0 Å². The van der Waals surface area contributed by atoms with Crippen LogP contribution in [0.3, 0.4) is 0 Å². The van der Waals surface area contributed by atoms with Gasteiger partial charge in [0.1, 0.15) is 5.82 Å². The zero-order chi connectivity index (χ0) is 13.3. The molecule has 0 aromatic heterocycles. The number of hydrogen-bond acceptors (Lipinski definition) is 2. The van der Waals surface area contributed by atoms with Crippen LogP contribution < -0.4 is 5.32 Å². The first-order valence-corrected chi connectivity index (χ1v) is 6.76. The van der Waals surface area contributed by atoms with Crippen molar-refractivity contribution < 1.29 is 4.39 Å². The second-order valence-corrected chi connectivity index (χ2v) is 5.85. The molecular weight excluding hydrogens is 251 g/mol. The minimum Gasteiger partial charge on any atom is -0.382 e. The molecule has 18 heavy (non-hydrogen) atoms. The first-order valence-electron chi connectivity index (χ1n) is 6.38. The first-order chi connectivity index (χ1) is 8.45. The second-order valence-electron chi connectivity index (χ2n) is 5.41. The van der Waals surface area contributed by atoms with Gasteiger partial charge >= 0.3 is 0 Å². The molecule has 1 fully saturated rings. The Hall–Kier alpha value is -0.800. The number of nitrogens with one attached hydrogen (secondary N) is 1. The van der Waals surface area contributed by atoms with Crippen molar-refractivity contribution in [2.45, 2.75) is 32.4 Å². The minimum atomic E-state index is -0.293. The average molecular weight is 271 g/mol. The van der Waals surface area contributed by atoms with Crippen molar-refractivity contribution in [3.63, 3.8) is 0 Å². The maximum Gasteiger partial charge on any atom is 0.126 e. The summed E-state index contributed by atoms with van der Waals surface area (Å²) in [5, 5.41) is 3.85. The van der Waals surface area contributed by atoms with E-state index in [4.69, 9.17) is 11.6 Å². The van der Waals surface area contributed by atoms with Gasteiger partial charge in [0.2, 0.25) is 0 Å². The fourth-order valence-electron chi connectivity index (χ4n) is 2.59. The topological polar surface area (TPSA) is 15.3 Å². The van der Waals surface area contributed by atoms with Crippen LogP contribution in [-0.2, 0) is 0 Å². The second kappa shape index (κ2) is 5.45. The van der Waals surface area contributed by atoms with Gasteiger partial charge in [0.05, 0.1) is 0 Å². The van der Waals surface area contributed by atoms with E-state index in [1.54, 1.807) is 6.07 Å². The number of rotatable bonds is 2. The molecule has 1 aromatic carbocycles. The van der Waals surface area contributed by atoms with Gasteiger partial charge < -0.3 is 10.2 Å². The molecule has 0 radical (unpaired) electrons. The van der Waals surface area contributed by atoms with Gasteiger partial charge in [0.25, 0.3) is 0 Å². The monoisotopic (exact) mass is 270 g/mol. The Morgan fingerprint density at radius 2 is 2.06 bits per heavy atom. The number of benzene rings is 1. The van der Waals surface area contributed by atoms with Crippen LogP contribution in [0, 0.1) is 11.7 Å². The van der Waals surface area contributed by atoms with Crippen LogP contribution >= 0.6 is 11.6 Å². The molecule has 1 saturated heterocycles. The smallest absolute Gasteiger partial charge is 0.126 e. The number of halogens is 2. The van der Waals surface area contributed by atoms with Crippen LogP contribution in [0.4, 0.5) is 10.1 Å². The van der Waals surface area contributed by atoms with E-state index in [0.717, 1.165) is 18.7 Å². The van der Waals surface area contributed by atoms with Crippen LogP contribution in [0.5, 0.6) is 0 Å². The Balaban J connectivity index is 2.08. The predicted molar refractivity (Wildman–Crippen MR) is 74.7 cm³/mol. The van der Waals surface area contributed by atoms with E-state index < -0.39 is 0 Å². The van der Waals surface area contributed by atoms with Crippen molar-refractivity contribution in [1.29, 1.82) is 0 Å². The van der Waals surface area contributed by atoms with Gasteiger partial charge in [-0.1, -0.05) is 18.5 Å². The van der Waals surface area contributed by atoms with E-state index in [1.807, 2.05) is 0 Å². The molecule has 1 aromatic rings. The van der Waals surface area contributed by atoms with E-state index >= 15 is 0 Å². The van der Waals surface area contributed by atoms with Gasteiger partial charge in [-0.25, -0.2) is 4.39 Å². The molecule has 2 rings (SSSR count). The van der Waals surface area contributed by atoms with Crippen LogP contribution in [-0.4, -0.2) is 30.6 Å². The number of anilines is 1. The van der Waals surface area contributed by atoms with Crippen LogP contribution in [0.15, 0.2) is 18.2 Å². The standard InChI is InChI=1S/C14H20ClFN2/c1-9-8-18(3)10(2)4-14(9)17-13-6-11(15)5-12(16)7-13/h5-7,9-10,14,17H,4,8H2,1-3H3. The number of nitrogens with zero attached hydrogens (tertiary/aromatic N) is 1. The normalized spacial score (nSPS) is 29.3. The number of piperidine rings is 1. The lowest BCUT2D eigenvalue weighted by atomic mass is 9.89. The Kier molecular flexibility index (Phi) is 4.13. The summed E-state index contributed by atoms with van der Waals surface area (Å²) in [5.74, 6) is 0.242. The molecule has 0 aliphatic carbocycles. The number of hydrogen-bond donors (Lipinski definition) is 1. The van der Waals surface area contributed by atoms with Gasteiger partial charge in [0, 0.05) is 29.3 Å². The van der Waals surface area contributed by atoms with Gasteiger partial charge in [0.15, 0.2) is 0 Å². The maximum absolute atomic E-state index is 13.3. The molecule has 2 nitrogen and oxygen atoms in total. The summed E-state index contributed by atoms with van der Waals surface area (Å²) in [6.45, 7) is 5.50. The van der Waals surface area contributed by atoms with Crippen LogP contribution in [0.2, 0.25) is 5.02 Å². The maximum atomic E-state index is 13.3. The Morgan fingerprint density at radius 1 is 1.33 bits per heavy atom. The molecule has 0 bridgehead atoms. The molecule has 0 saturated carbocycles. The quantitative estimate of drug-likeness (QED) is 0.883. The Labute approximate surface area is 113 Å². The highest BCUT2D eigenvalue weighted by Crippen LogP contribution is 2.26. The molecule has 1 aliphatic heterocycles. The molecule has 1 heterocycles.